The maximum absolute atomic E-state index is 12.1. The van der Waals surface area contributed by atoms with Crippen LogP contribution < -0.4 is 5.73 Å². The smallest absolute Gasteiger partial charge is 0.230 e. The van der Waals surface area contributed by atoms with Gasteiger partial charge in [0.25, 0.3) is 0 Å². The van der Waals surface area contributed by atoms with Crippen molar-refractivity contribution >= 4 is 10.0 Å². The van der Waals surface area contributed by atoms with Gasteiger partial charge in [-0.15, -0.1) is 0 Å². The van der Waals surface area contributed by atoms with Gasteiger partial charge in [0.15, 0.2) is 5.25 Å². The molecule has 6 heteroatoms. The molecule has 16 heavy (non-hydrogen) atoms. The Bertz CT molecular complexity index is 400. The highest BCUT2D eigenvalue weighted by molar-refractivity contribution is 7.90. The Morgan fingerprint density at radius 2 is 1.88 bits per heavy atom. The van der Waals surface area contributed by atoms with E-state index in [-0.39, 0.29) is 18.1 Å². The molecule has 0 aromatic heterocycles. The van der Waals surface area contributed by atoms with Gasteiger partial charge in [0, 0.05) is 18.1 Å². The highest BCUT2D eigenvalue weighted by Crippen LogP contribution is 2.38. The molecular formula is C10H17N3O2S. The van der Waals surface area contributed by atoms with Crippen molar-refractivity contribution in [2.75, 3.05) is 0 Å². The number of hydrogen-bond acceptors (Lipinski definition) is 4. The third kappa shape index (κ3) is 1.73. The molecule has 0 aliphatic carbocycles. The third-order valence-electron chi connectivity index (χ3n) is 3.62. The van der Waals surface area contributed by atoms with E-state index >= 15 is 0 Å². The molecule has 2 aliphatic heterocycles. The number of fused-ring (bicyclic) bond motifs is 2. The number of hydrogen-bond donors (Lipinski definition) is 1. The lowest BCUT2D eigenvalue weighted by atomic mass is 10.0. The quantitative estimate of drug-likeness (QED) is 0.749. The summed E-state index contributed by atoms with van der Waals surface area (Å²) < 4.78 is 25.9. The van der Waals surface area contributed by atoms with Crippen molar-refractivity contribution in [1.82, 2.24) is 4.31 Å². The van der Waals surface area contributed by atoms with Gasteiger partial charge in [-0.05, 0) is 32.6 Å². The van der Waals surface area contributed by atoms with Crippen molar-refractivity contribution in [2.45, 2.75) is 56.0 Å². The first-order chi connectivity index (χ1) is 7.46. The van der Waals surface area contributed by atoms with Crippen LogP contribution in [0.5, 0.6) is 0 Å². The molecular weight excluding hydrogens is 226 g/mol. The van der Waals surface area contributed by atoms with Crippen molar-refractivity contribution in [1.29, 1.82) is 5.26 Å². The van der Waals surface area contributed by atoms with Gasteiger partial charge in [0.05, 0.1) is 6.07 Å². The van der Waals surface area contributed by atoms with E-state index in [9.17, 15) is 8.42 Å². The molecule has 0 saturated carbocycles. The molecule has 2 aliphatic rings. The standard InChI is InChI=1S/C10H17N3O2S/c1-7(6-11)16(14,15)13-9-2-3-10(13)5-8(12)4-9/h7-10H,2-5,12H2,1H3. The predicted octanol–water partition coefficient (Wildman–Crippen LogP) is 0.182. The minimum absolute atomic E-state index is 0.0227. The van der Waals surface area contributed by atoms with Gasteiger partial charge in [0.2, 0.25) is 10.0 Å². The molecule has 5 nitrogen and oxygen atoms in total. The molecule has 0 aromatic rings. The summed E-state index contributed by atoms with van der Waals surface area (Å²) in [5, 5.41) is 7.81. The van der Waals surface area contributed by atoms with Gasteiger partial charge in [-0.1, -0.05) is 0 Å². The summed E-state index contributed by atoms with van der Waals surface area (Å²) in [5.41, 5.74) is 5.88. The van der Waals surface area contributed by atoms with E-state index in [2.05, 4.69) is 0 Å². The fraction of sp³-hybridized carbons (Fsp3) is 0.900. The van der Waals surface area contributed by atoms with Gasteiger partial charge in [0.1, 0.15) is 0 Å². The van der Waals surface area contributed by atoms with Crippen LogP contribution in [0.25, 0.3) is 0 Å². The van der Waals surface area contributed by atoms with E-state index in [1.165, 1.54) is 6.92 Å². The van der Waals surface area contributed by atoms with Crippen molar-refractivity contribution in [3.63, 3.8) is 0 Å². The molecule has 2 bridgehead atoms. The van der Waals surface area contributed by atoms with E-state index in [1.54, 1.807) is 4.31 Å². The first kappa shape index (κ1) is 11.8. The zero-order valence-electron chi connectivity index (χ0n) is 9.33. The van der Waals surface area contributed by atoms with E-state index in [0.29, 0.717) is 0 Å². The van der Waals surface area contributed by atoms with Gasteiger partial charge in [-0.3, -0.25) is 0 Å². The molecule has 2 N–H and O–H groups in total. The highest BCUT2D eigenvalue weighted by atomic mass is 32.2. The topological polar surface area (TPSA) is 87.2 Å². The normalized spacial score (nSPS) is 36.9. The van der Waals surface area contributed by atoms with E-state index in [1.807, 2.05) is 6.07 Å². The summed E-state index contributed by atoms with van der Waals surface area (Å²) in [6.45, 7) is 1.45. The van der Waals surface area contributed by atoms with Crippen molar-refractivity contribution < 1.29 is 8.42 Å². The van der Waals surface area contributed by atoms with Gasteiger partial charge in [-0.2, -0.15) is 9.57 Å². The first-order valence-electron chi connectivity index (χ1n) is 5.64. The van der Waals surface area contributed by atoms with Crippen molar-refractivity contribution in [2.24, 2.45) is 5.73 Å². The summed E-state index contributed by atoms with van der Waals surface area (Å²) >= 11 is 0. The van der Waals surface area contributed by atoms with Crippen LogP contribution in [0.4, 0.5) is 0 Å². The van der Waals surface area contributed by atoms with E-state index in [0.717, 1.165) is 25.7 Å². The average Bonchev–Trinajstić information content (AvgIpc) is 2.51. The fourth-order valence-corrected chi connectivity index (χ4v) is 4.55. The lowest BCUT2D eigenvalue weighted by Crippen LogP contribution is -2.52. The van der Waals surface area contributed by atoms with Gasteiger partial charge in [-0.25, -0.2) is 8.42 Å². The molecule has 3 unspecified atom stereocenters. The SMILES string of the molecule is CC(C#N)S(=O)(=O)N1C2CCC1CC(N)C2. The second kappa shape index (κ2) is 3.99. The summed E-state index contributed by atoms with van der Waals surface area (Å²) in [6.07, 6.45) is 3.23. The number of sulfonamides is 1. The summed E-state index contributed by atoms with van der Waals surface area (Å²) in [6, 6.07) is 1.98. The van der Waals surface area contributed by atoms with Crippen LogP contribution in [-0.2, 0) is 10.0 Å². The Hall–Kier alpha value is -0.640. The van der Waals surface area contributed by atoms with E-state index in [4.69, 9.17) is 11.0 Å². The second-order valence-electron chi connectivity index (χ2n) is 4.76. The number of nitrogens with zero attached hydrogens (tertiary/aromatic N) is 2. The zero-order valence-corrected chi connectivity index (χ0v) is 10.2. The molecule has 2 fully saturated rings. The zero-order chi connectivity index (χ0) is 11.9. The Kier molecular flexibility index (Phi) is 2.95. The van der Waals surface area contributed by atoms with E-state index < -0.39 is 15.3 Å². The van der Waals surface area contributed by atoms with Crippen LogP contribution in [0.1, 0.15) is 32.6 Å². The molecule has 3 atom stereocenters. The Morgan fingerprint density at radius 1 is 1.38 bits per heavy atom. The molecule has 0 amide bonds. The van der Waals surface area contributed by atoms with Crippen LogP contribution in [0.3, 0.4) is 0 Å². The molecule has 2 rings (SSSR count). The maximum atomic E-state index is 12.1. The molecule has 0 spiro atoms. The molecule has 2 saturated heterocycles. The number of nitrogens with two attached hydrogens (primary N) is 1. The Balaban J connectivity index is 2.27. The lowest BCUT2D eigenvalue weighted by Gasteiger charge is -2.37. The first-order valence-corrected chi connectivity index (χ1v) is 7.14. The minimum Gasteiger partial charge on any atom is -0.328 e. The molecule has 90 valence electrons. The van der Waals surface area contributed by atoms with Crippen molar-refractivity contribution in [3.8, 4) is 6.07 Å². The molecule has 0 aromatic carbocycles. The van der Waals surface area contributed by atoms with Crippen LogP contribution in [0.2, 0.25) is 0 Å². The number of rotatable bonds is 2. The summed E-state index contributed by atoms with van der Waals surface area (Å²) in [7, 11) is -3.45. The number of nitriles is 1. The Labute approximate surface area is 96.3 Å². The highest BCUT2D eigenvalue weighted by Gasteiger charge is 2.47. The van der Waals surface area contributed by atoms with Crippen LogP contribution >= 0.6 is 0 Å². The van der Waals surface area contributed by atoms with Gasteiger partial charge >= 0.3 is 0 Å². The van der Waals surface area contributed by atoms with Crippen LogP contribution in [-0.4, -0.2) is 36.1 Å². The molecule has 0 radical (unpaired) electrons. The van der Waals surface area contributed by atoms with Gasteiger partial charge < -0.3 is 5.73 Å². The second-order valence-corrected chi connectivity index (χ2v) is 6.92. The minimum atomic E-state index is -3.45. The van der Waals surface area contributed by atoms with Crippen molar-refractivity contribution in [3.05, 3.63) is 0 Å². The largest absolute Gasteiger partial charge is 0.328 e. The third-order valence-corrected chi connectivity index (χ3v) is 5.81. The Morgan fingerprint density at radius 3 is 2.31 bits per heavy atom. The monoisotopic (exact) mass is 243 g/mol. The average molecular weight is 243 g/mol. The summed E-state index contributed by atoms with van der Waals surface area (Å²) in [5.74, 6) is 0. The van der Waals surface area contributed by atoms with Crippen LogP contribution in [0, 0.1) is 11.3 Å². The predicted molar refractivity (Wildman–Crippen MR) is 59.9 cm³/mol. The number of piperidine rings is 1. The maximum Gasteiger partial charge on any atom is 0.230 e. The molecule has 2 heterocycles. The lowest BCUT2D eigenvalue weighted by molar-refractivity contribution is 0.226. The summed E-state index contributed by atoms with van der Waals surface area (Å²) in [4.78, 5) is 0. The van der Waals surface area contributed by atoms with Crippen LogP contribution in [0.15, 0.2) is 0 Å². The fourth-order valence-electron chi connectivity index (χ4n) is 2.84.